The van der Waals surface area contributed by atoms with E-state index in [-0.39, 0.29) is 15.5 Å². The number of nitriles is 1. The molecule has 1 aliphatic rings. The number of rotatable bonds is 2. The van der Waals surface area contributed by atoms with Crippen molar-refractivity contribution < 1.29 is 8.42 Å². The maximum atomic E-state index is 12.5. The van der Waals surface area contributed by atoms with E-state index >= 15 is 0 Å². The minimum Gasteiger partial charge on any atom is -0.207 e. The monoisotopic (exact) mass is 298 g/mol. The summed E-state index contributed by atoms with van der Waals surface area (Å²) in [5.74, 6) is 0.701. The molecule has 6 heteroatoms. The van der Waals surface area contributed by atoms with E-state index in [0.29, 0.717) is 24.9 Å². The van der Waals surface area contributed by atoms with Crippen LogP contribution in [0.5, 0.6) is 0 Å². The molecular weight excluding hydrogens is 284 g/mol. The van der Waals surface area contributed by atoms with Gasteiger partial charge in [-0.25, -0.2) is 8.42 Å². The summed E-state index contributed by atoms with van der Waals surface area (Å²) in [7, 11) is -3.51. The van der Waals surface area contributed by atoms with Gasteiger partial charge in [-0.15, -0.1) is 0 Å². The lowest BCUT2D eigenvalue weighted by Crippen LogP contribution is -2.29. The third kappa shape index (κ3) is 2.62. The summed E-state index contributed by atoms with van der Waals surface area (Å²) in [6, 6.07) is 6.15. The Morgan fingerprint density at radius 3 is 2.37 bits per heavy atom. The topological polar surface area (TPSA) is 61.2 Å². The van der Waals surface area contributed by atoms with Crippen LogP contribution in [0.25, 0.3) is 0 Å². The maximum absolute atomic E-state index is 12.5. The molecule has 1 aliphatic heterocycles. The Hall–Kier alpha value is -1.09. The van der Waals surface area contributed by atoms with Gasteiger partial charge in [0, 0.05) is 13.1 Å². The highest BCUT2D eigenvalue weighted by molar-refractivity contribution is 7.89. The standard InChI is InChI=1S/C13H15ClN2O2S/c1-9-7-16(8-10(9)2)19(17,18)12-4-3-11(6-15)13(14)5-12/h3-5,9-10H,7-8H2,1-2H3. The molecule has 102 valence electrons. The van der Waals surface area contributed by atoms with E-state index < -0.39 is 10.0 Å². The van der Waals surface area contributed by atoms with Crippen molar-refractivity contribution in [2.45, 2.75) is 18.7 Å². The first-order chi connectivity index (χ1) is 8.86. The average molecular weight is 299 g/mol. The second-order valence-electron chi connectivity index (χ2n) is 5.03. The van der Waals surface area contributed by atoms with Crippen molar-refractivity contribution in [3.63, 3.8) is 0 Å². The van der Waals surface area contributed by atoms with E-state index in [9.17, 15) is 8.42 Å². The summed E-state index contributed by atoms with van der Waals surface area (Å²) in [4.78, 5) is 0.151. The first kappa shape index (κ1) is 14.3. The molecule has 0 aromatic heterocycles. The zero-order chi connectivity index (χ0) is 14.2. The van der Waals surface area contributed by atoms with Crippen molar-refractivity contribution >= 4 is 21.6 Å². The minimum atomic E-state index is -3.51. The minimum absolute atomic E-state index is 0.151. The lowest BCUT2D eigenvalue weighted by molar-refractivity contribution is 0.463. The van der Waals surface area contributed by atoms with Gasteiger partial charge in [-0.3, -0.25) is 0 Å². The molecule has 1 saturated heterocycles. The molecule has 0 radical (unpaired) electrons. The molecule has 1 fully saturated rings. The third-order valence-electron chi connectivity index (χ3n) is 3.65. The van der Waals surface area contributed by atoms with Crippen LogP contribution in [-0.2, 0) is 10.0 Å². The average Bonchev–Trinajstić information content (AvgIpc) is 2.70. The summed E-state index contributed by atoms with van der Waals surface area (Å²) in [5.41, 5.74) is 0.281. The molecule has 2 atom stereocenters. The second-order valence-corrected chi connectivity index (χ2v) is 7.38. The fourth-order valence-corrected chi connectivity index (χ4v) is 4.12. The second kappa shape index (κ2) is 5.12. The number of nitrogens with zero attached hydrogens (tertiary/aromatic N) is 2. The Morgan fingerprint density at radius 2 is 1.89 bits per heavy atom. The summed E-state index contributed by atoms with van der Waals surface area (Å²) >= 11 is 5.89. The predicted octanol–water partition coefficient (Wildman–Crippen LogP) is 2.49. The number of benzene rings is 1. The first-order valence-corrected chi connectivity index (χ1v) is 7.88. The summed E-state index contributed by atoms with van der Waals surface area (Å²) in [6.45, 7) is 5.15. The van der Waals surface area contributed by atoms with E-state index in [1.54, 1.807) is 0 Å². The maximum Gasteiger partial charge on any atom is 0.243 e. The van der Waals surface area contributed by atoms with Crippen LogP contribution in [0.3, 0.4) is 0 Å². The lowest BCUT2D eigenvalue weighted by Gasteiger charge is -2.16. The molecule has 0 bridgehead atoms. The van der Waals surface area contributed by atoms with Crippen LogP contribution >= 0.6 is 11.6 Å². The van der Waals surface area contributed by atoms with Gasteiger partial charge in [-0.2, -0.15) is 9.57 Å². The van der Waals surface area contributed by atoms with Crippen LogP contribution in [0, 0.1) is 23.2 Å². The van der Waals surface area contributed by atoms with Crippen LogP contribution in [0.15, 0.2) is 23.1 Å². The van der Waals surface area contributed by atoms with Gasteiger partial charge < -0.3 is 0 Å². The van der Waals surface area contributed by atoms with Gasteiger partial charge >= 0.3 is 0 Å². The number of halogens is 1. The summed E-state index contributed by atoms with van der Waals surface area (Å²) in [6.07, 6.45) is 0. The molecule has 0 N–H and O–H groups in total. The quantitative estimate of drug-likeness (QED) is 0.843. The molecule has 0 aliphatic carbocycles. The Morgan fingerprint density at radius 1 is 1.32 bits per heavy atom. The molecule has 0 amide bonds. The fraction of sp³-hybridized carbons (Fsp3) is 0.462. The van der Waals surface area contributed by atoms with Crippen molar-refractivity contribution in [1.82, 2.24) is 4.31 Å². The number of hydrogen-bond donors (Lipinski definition) is 0. The third-order valence-corrected chi connectivity index (χ3v) is 5.79. The highest BCUT2D eigenvalue weighted by atomic mass is 35.5. The van der Waals surface area contributed by atoms with Gasteiger partial charge in [0.1, 0.15) is 6.07 Å². The van der Waals surface area contributed by atoms with Gasteiger partial charge in [0.05, 0.1) is 15.5 Å². The number of hydrogen-bond acceptors (Lipinski definition) is 3. The fourth-order valence-electron chi connectivity index (χ4n) is 2.17. The highest BCUT2D eigenvalue weighted by Crippen LogP contribution is 2.29. The molecule has 4 nitrogen and oxygen atoms in total. The van der Waals surface area contributed by atoms with Gasteiger partial charge in [-0.1, -0.05) is 25.4 Å². The molecule has 2 unspecified atom stereocenters. The van der Waals surface area contributed by atoms with E-state index in [2.05, 4.69) is 0 Å². The van der Waals surface area contributed by atoms with Crippen molar-refractivity contribution in [2.75, 3.05) is 13.1 Å². The van der Waals surface area contributed by atoms with Gasteiger partial charge in [0.25, 0.3) is 0 Å². The molecule has 19 heavy (non-hydrogen) atoms. The zero-order valence-corrected chi connectivity index (χ0v) is 12.4. The largest absolute Gasteiger partial charge is 0.243 e. The molecule has 0 saturated carbocycles. The van der Waals surface area contributed by atoms with Gasteiger partial charge in [-0.05, 0) is 30.0 Å². The first-order valence-electron chi connectivity index (χ1n) is 6.06. The smallest absolute Gasteiger partial charge is 0.207 e. The van der Waals surface area contributed by atoms with Crippen LogP contribution in [-0.4, -0.2) is 25.8 Å². The van der Waals surface area contributed by atoms with Crippen LogP contribution in [0.1, 0.15) is 19.4 Å². The molecule has 1 aromatic rings. The molecular formula is C13H15ClN2O2S. The van der Waals surface area contributed by atoms with Crippen molar-refractivity contribution in [3.8, 4) is 6.07 Å². The predicted molar refractivity (Wildman–Crippen MR) is 73.3 cm³/mol. The molecule has 1 aromatic carbocycles. The lowest BCUT2D eigenvalue weighted by atomic mass is 10.0. The van der Waals surface area contributed by atoms with Crippen molar-refractivity contribution in [1.29, 1.82) is 5.26 Å². The van der Waals surface area contributed by atoms with Crippen molar-refractivity contribution in [3.05, 3.63) is 28.8 Å². The van der Waals surface area contributed by atoms with Crippen LogP contribution in [0.2, 0.25) is 5.02 Å². The van der Waals surface area contributed by atoms with Gasteiger partial charge in [0.2, 0.25) is 10.0 Å². The SMILES string of the molecule is CC1CN(S(=O)(=O)c2ccc(C#N)c(Cl)c2)CC1C. The van der Waals surface area contributed by atoms with Crippen LogP contribution < -0.4 is 0 Å². The Kier molecular flexibility index (Phi) is 3.86. The summed E-state index contributed by atoms with van der Waals surface area (Å²) < 4.78 is 26.4. The van der Waals surface area contributed by atoms with E-state index in [1.165, 1.54) is 22.5 Å². The van der Waals surface area contributed by atoms with E-state index in [4.69, 9.17) is 16.9 Å². The number of sulfonamides is 1. The normalized spacial score (nSPS) is 24.3. The van der Waals surface area contributed by atoms with Crippen LogP contribution in [0.4, 0.5) is 0 Å². The van der Waals surface area contributed by atoms with E-state index in [0.717, 1.165) is 0 Å². The van der Waals surface area contributed by atoms with Gasteiger partial charge in [0.15, 0.2) is 0 Å². The molecule has 0 spiro atoms. The molecule has 1 heterocycles. The Labute approximate surface area is 118 Å². The van der Waals surface area contributed by atoms with E-state index in [1.807, 2.05) is 19.9 Å². The molecule has 2 rings (SSSR count). The summed E-state index contributed by atoms with van der Waals surface area (Å²) in [5, 5.41) is 8.97. The van der Waals surface area contributed by atoms with Crippen molar-refractivity contribution in [2.24, 2.45) is 11.8 Å². The zero-order valence-electron chi connectivity index (χ0n) is 10.8. The Bertz CT molecular complexity index is 627. The highest BCUT2D eigenvalue weighted by Gasteiger charge is 2.35. The Balaban J connectivity index is 2.36.